The molecule has 0 aliphatic carbocycles. The quantitative estimate of drug-likeness (QED) is 0.637. The first kappa shape index (κ1) is 20.9. The molecule has 1 unspecified atom stereocenters. The normalized spacial score (nSPS) is 22.7. The van der Waals surface area contributed by atoms with Crippen LogP contribution in [0.15, 0.2) is 24.5 Å². The van der Waals surface area contributed by atoms with E-state index in [9.17, 15) is 18.3 Å². The highest BCUT2D eigenvalue weighted by Gasteiger charge is 2.33. The topological polar surface area (TPSA) is 123 Å². The highest BCUT2D eigenvalue weighted by molar-refractivity contribution is 7.91. The summed E-state index contributed by atoms with van der Waals surface area (Å²) in [4.78, 5) is 19.9. The molecule has 0 spiro atoms. The van der Waals surface area contributed by atoms with E-state index >= 15 is 0 Å². The maximum absolute atomic E-state index is 12.4. The Hall–Kier alpha value is -2.95. The SMILES string of the molecule is C[C@H]1CCc2c(ccc3c2nc(CCn2nccn2)n3C2CCCS(=O)(=O)C2)N1C(=O)O. The summed E-state index contributed by atoms with van der Waals surface area (Å²) in [6.45, 7) is 2.44. The molecule has 1 N–H and O–H groups in total. The monoisotopic (exact) mass is 458 g/mol. The molecular weight excluding hydrogens is 432 g/mol. The fourth-order valence-electron chi connectivity index (χ4n) is 5.08. The molecule has 0 saturated carbocycles. The molecule has 1 amide bonds. The van der Waals surface area contributed by atoms with Gasteiger partial charge in [-0.1, -0.05) is 0 Å². The van der Waals surface area contributed by atoms with E-state index in [0.29, 0.717) is 25.1 Å². The second-order valence-electron chi connectivity index (χ2n) is 8.65. The van der Waals surface area contributed by atoms with E-state index in [1.807, 2.05) is 19.1 Å². The first-order chi connectivity index (χ1) is 15.3. The molecule has 1 aromatic carbocycles. The van der Waals surface area contributed by atoms with Crippen LogP contribution in [0.2, 0.25) is 0 Å². The van der Waals surface area contributed by atoms with Gasteiger partial charge in [-0.15, -0.1) is 0 Å². The lowest BCUT2D eigenvalue weighted by molar-refractivity contribution is 0.198. The number of imidazole rings is 1. The van der Waals surface area contributed by atoms with Crippen molar-refractivity contribution in [3.63, 3.8) is 0 Å². The first-order valence-electron chi connectivity index (χ1n) is 10.9. The van der Waals surface area contributed by atoms with Crippen LogP contribution in [0, 0.1) is 0 Å². The number of rotatable bonds is 4. The number of benzene rings is 1. The molecule has 1 fully saturated rings. The van der Waals surface area contributed by atoms with Gasteiger partial charge in [0.1, 0.15) is 5.82 Å². The number of carboxylic acid groups (broad SMARTS) is 1. The summed E-state index contributed by atoms with van der Waals surface area (Å²) in [5.41, 5.74) is 3.23. The van der Waals surface area contributed by atoms with E-state index in [0.717, 1.165) is 41.7 Å². The van der Waals surface area contributed by atoms with Crippen LogP contribution in [0.25, 0.3) is 11.0 Å². The van der Waals surface area contributed by atoms with Crippen LogP contribution in [0.5, 0.6) is 0 Å². The molecule has 5 rings (SSSR count). The van der Waals surface area contributed by atoms with Gasteiger partial charge in [-0.25, -0.2) is 18.2 Å². The van der Waals surface area contributed by atoms with E-state index in [1.54, 1.807) is 17.2 Å². The average Bonchev–Trinajstić information content (AvgIpc) is 3.38. The summed E-state index contributed by atoms with van der Waals surface area (Å²) in [5.74, 6) is 1.11. The largest absolute Gasteiger partial charge is 0.465 e. The molecule has 10 nitrogen and oxygen atoms in total. The fourth-order valence-corrected chi connectivity index (χ4v) is 6.76. The summed E-state index contributed by atoms with van der Waals surface area (Å²) in [7, 11) is -3.11. The highest BCUT2D eigenvalue weighted by Crippen LogP contribution is 2.38. The number of amides is 1. The summed E-state index contributed by atoms with van der Waals surface area (Å²) in [5, 5.41) is 18.1. The molecule has 1 saturated heterocycles. The Morgan fingerprint density at radius 1 is 1.22 bits per heavy atom. The molecule has 170 valence electrons. The van der Waals surface area contributed by atoms with Gasteiger partial charge in [0, 0.05) is 24.1 Å². The van der Waals surface area contributed by atoms with Crippen LogP contribution in [-0.2, 0) is 29.2 Å². The van der Waals surface area contributed by atoms with Gasteiger partial charge in [0.15, 0.2) is 9.84 Å². The number of hydrogen-bond donors (Lipinski definition) is 1. The van der Waals surface area contributed by atoms with Gasteiger partial charge in [0.2, 0.25) is 0 Å². The molecule has 2 atom stereocenters. The van der Waals surface area contributed by atoms with Gasteiger partial charge in [-0.05, 0) is 44.7 Å². The van der Waals surface area contributed by atoms with Crippen molar-refractivity contribution < 1.29 is 18.3 Å². The number of aryl methyl sites for hydroxylation is 3. The van der Waals surface area contributed by atoms with Crippen LogP contribution < -0.4 is 4.90 Å². The lowest BCUT2D eigenvalue weighted by atomic mass is 9.95. The average molecular weight is 459 g/mol. The van der Waals surface area contributed by atoms with Crippen molar-refractivity contribution in [3.8, 4) is 0 Å². The summed E-state index contributed by atoms with van der Waals surface area (Å²) in [6.07, 6.45) is 5.67. The Morgan fingerprint density at radius 3 is 2.72 bits per heavy atom. The second kappa shape index (κ2) is 7.88. The minimum absolute atomic E-state index is 0.0981. The number of aromatic nitrogens is 5. The zero-order valence-electron chi connectivity index (χ0n) is 17.9. The molecule has 32 heavy (non-hydrogen) atoms. The zero-order chi connectivity index (χ0) is 22.5. The predicted molar refractivity (Wildman–Crippen MR) is 119 cm³/mol. The van der Waals surface area contributed by atoms with Crippen molar-refractivity contribution in [1.29, 1.82) is 0 Å². The van der Waals surface area contributed by atoms with Gasteiger partial charge in [0.05, 0.1) is 47.2 Å². The van der Waals surface area contributed by atoms with Crippen molar-refractivity contribution in [2.75, 3.05) is 16.4 Å². The molecule has 0 bridgehead atoms. The second-order valence-corrected chi connectivity index (χ2v) is 10.9. The third-order valence-corrected chi connectivity index (χ3v) is 8.34. The molecule has 0 radical (unpaired) electrons. The predicted octanol–water partition coefficient (Wildman–Crippen LogP) is 2.44. The number of nitrogens with zero attached hydrogens (tertiary/aromatic N) is 6. The molecular formula is C21H26N6O4S. The number of carbonyl (C=O) groups is 1. The maximum Gasteiger partial charge on any atom is 0.412 e. The van der Waals surface area contributed by atoms with Gasteiger partial charge in [-0.2, -0.15) is 15.0 Å². The van der Waals surface area contributed by atoms with Gasteiger partial charge in [-0.3, -0.25) is 4.90 Å². The van der Waals surface area contributed by atoms with Crippen LogP contribution in [-0.4, -0.2) is 61.7 Å². The highest BCUT2D eigenvalue weighted by atomic mass is 32.2. The Labute approximate surface area is 185 Å². The van der Waals surface area contributed by atoms with E-state index in [2.05, 4.69) is 14.8 Å². The Kier molecular flexibility index (Phi) is 5.15. The van der Waals surface area contributed by atoms with E-state index in [4.69, 9.17) is 4.98 Å². The smallest absolute Gasteiger partial charge is 0.412 e. The number of hydrogen-bond acceptors (Lipinski definition) is 6. The van der Waals surface area contributed by atoms with Crippen molar-refractivity contribution >= 4 is 32.7 Å². The summed E-state index contributed by atoms with van der Waals surface area (Å²) < 4.78 is 26.9. The van der Waals surface area contributed by atoms with Crippen molar-refractivity contribution in [3.05, 3.63) is 35.9 Å². The molecule has 2 aliphatic heterocycles. The van der Waals surface area contributed by atoms with Gasteiger partial charge >= 0.3 is 6.09 Å². The molecule has 3 aromatic rings. The first-order valence-corrected chi connectivity index (χ1v) is 12.8. The minimum atomic E-state index is -3.11. The van der Waals surface area contributed by atoms with Crippen LogP contribution in [0.4, 0.5) is 10.5 Å². The van der Waals surface area contributed by atoms with E-state index in [1.165, 1.54) is 4.90 Å². The zero-order valence-corrected chi connectivity index (χ0v) is 18.7. The lowest BCUT2D eigenvalue weighted by Crippen LogP contribution is -2.41. The minimum Gasteiger partial charge on any atom is -0.465 e. The van der Waals surface area contributed by atoms with Gasteiger partial charge in [0.25, 0.3) is 0 Å². The Morgan fingerprint density at radius 2 is 2.00 bits per heavy atom. The number of sulfone groups is 1. The van der Waals surface area contributed by atoms with Crippen LogP contribution in [0.1, 0.15) is 43.6 Å². The standard InChI is InChI=1S/C21H26N6O4S/c1-14-4-5-16-17(26(14)21(28)29)6-7-18-20(16)24-19(8-11-25-22-9-10-23-25)27(18)15-3-2-12-32(30,31)13-15/h6-7,9-10,14-15H,2-5,8,11-13H2,1H3,(H,28,29)/t14-,15?/m0/s1. The molecule has 11 heteroatoms. The number of fused-ring (bicyclic) bond motifs is 3. The molecule has 2 aliphatic rings. The van der Waals surface area contributed by atoms with E-state index < -0.39 is 15.9 Å². The Balaban J connectivity index is 1.64. The summed E-state index contributed by atoms with van der Waals surface area (Å²) >= 11 is 0. The van der Waals surface area contributed by atoms with Crippen molar-refractivity contribution in [2.24, 2.45) is 0 Å². The third kappa shape index (κ3) is 3.64. The molecule has 4 heterocycles. The van der Waals surface area contributed by atoms with Crippen LogP contribution in [0.3, 0.4) is 0 Å². The van der Waals surface area contributed by atoms with Crippen molar-refractivity contribution in [2.45, 2.75) is 57.7 Å². The van der Waals surface area contributed by atoms with Crippen LogP contribution >= 0.6 is 0 Å². The lowest BCUT2D eigenvalue weighted by Gasteiger charge is -2.33. The fraction of sp³-hybridized carbons (Fsp3) is 0.524. The maximum atomic E-state index is 12.4. The third-order valence-electron chi connectivity index (χ3n) is 6.54. The number of anilines is 1. The Bertz CT molecular complexity index is 1270. The van der Waals surface area contributed by atoms with E-state index in [-0.39, 0.29) is 23.6 Å². The van der Waals surface area contributed by atoms with Crippen molar-refractivity contribution in [1.82, 2.24) is 24.5 Å². The molecule has 2 aromatic heterocycles. The van der Waals surface area contributed by atoms with Gasteiger partial charge < -0.3 is 9.67 Å². The summed E-state index contributed by atoms with van der Waals surface area (Å²) in [6, 6.07) is 3.45.